The SMILES string of the molecule is CC1CCC(C(O)c2ccc(Cl)o2)CC1C. The Balaban J connectivity index is 2.02. The van der Waals surface area contributed by atoms with Gasteiger partial charge in [-0.05, 0) is 54.3 Å². The second kappa shape index (κ2) is 4.80. The maximum absolute atomic E-state index is 10.2. The maximum atomic E-state index is 10.2. The smallest absolute Gasteiger partial charge is 0.193 e. The fourth-order valence-corrected chi connectivity index (χ4v) is 2.75. The van der Waals surface area contributed by atoms with E-state index in [1.54, 1.807) is 12.1 Å². The second-order valence-electron chi connectivity index (χ2n) is 5.11. The molecular formula is C13H19ClO2. The van der Waals surface area contributed by atoms with Crippen molar-refractivity contribution in [3.8, 4) is 0 Å². The summed E-state index contributed by atoms with van der Waals surface area (Å²) < 4.78 is 5.28. The molecule has 0 radical (unpaired) electrons. The largest absolute Gasteiger partial charge is 0.447 e. The summed E-state index contributed by atoms with van der Waals surface area (Å²) in [5.74, 6) is 2.37. The van der Waals surface area contributed by atoms with Crippen molar-refractivity contribution in [1.29, 1.82) is 0 Å². The Labute approximate surface area is 102 Å². The number of hydrogen-bond donors (Lipinski definition) is 1. The van der Waals surface area contributed by atoms with Crippen LogP contribution in [0.3, 0.4) is 0 Å². The van der Waals surface area contributed by atoms with Crippen molar-refractivity contribution in [1.82, 2.24) is 0 Å². The molecule has 2 nitrogen and oxygen atoms in total. The molecule has 1 fully saturated rings. The number of furan rings is 1. The van der Waals surface area contributed by atoms with Crippen molar-refractivity contribution in [3.05, 3.63) is 23.1 Å². The van der Waals surface area contributed by atoms with E-state index in [1.165, 1.54) is 6.42 Å². The molecule has 3 heteroatoms. The van der Waals surface area contributed by atoms with Gasteiger partial charge in [0.15, 0.2) is 5.22 Å². The van der Waals surface area contributed by atoms with E-state index in [-0.39, 0.29) is 0 Å². The molecule has 0 aromatic carbocycles. The third kappa shape index (κ3) is 2.44. The fraction of sp³-hybridized carbons (Fsp3) is 0.692. The van der Waals surface area contributed by atoms with E-state index >= 15 is 0 Å². The minimum Gasteiger partial charge on any atom is -0.447 e. The molecule has 1 N–H and O–H groups in total. The molecule has 0 saturated heterocycles. The van der Waals surface area contributed by atoms with E-state index in [0.29, 0.717) is 22.8 Å². The van der Waals surface area contributed by atoms with Crippen molar-refractivity contribution >= 4 is 11.6 Å². The highest BCUT2D eigenvalue weighted by Gasteiger charge is 2.31. The summed E-state index contributed by atoms with van der Waals surface area (Å²) in [5, 5.41) is 10.6. The van der Waals surface area contributed by atoms with Gasteiger partial charge in [-0.25, -0.2) is 0 Å². The van der Waals surface area contributed by atoms with E-state index < -0.39 is 6.10 Å². The highest BCUT2D eigenvalue weighted by molar-refractivity contribution is 6.28. The van der Waals surface area contributed by atoms with Gasteiger partial charge in [0.1, 0.15) is 11.9 Å². The highest BCUT2D eigenvalue weighted by atomic mass is 35.5. The number of aliphatic hydroxyl groups excluding tert-OH is 1. The molecule has 1 aromatic rings. The van der Waals surface area contributed by atoms with Crippen LogP contribution in [0.4, 0.5) is 0 Å². The zero-order chi connectivity index (χ0) is 11.7. The molecule has 4 atom stereocenters. The average Bonchev–Trinajstić information content (AvgIpc) is 2.68. The van der Waals surface area contributed by atoms with E-state index in [2.05, 4.69) is 13.8 Å². The van der Waals surface area contributed by atoms with Crippen molar-refractivity contribution in [3.63, 3.8) is 0 Å². The molecule has 90 valence electrons. The molecule has 1 aromatic heterocycles. The Bertz CT molecular complexity index is 347. The lowest BCUT2D eigenvalue weighted by Gasteiger charge is -2.33. The first-order valence-electron chi connectivity index (χ1n) is 6.01. The van der Waals surface area contributed by atoms with Crippen LogP contribution in [0.25, 0.3) is 0 Å². The topological polar surface area (TPSA) is 33.4 Å². The third-order valence-electron chi connectivity index (χ3n) is 3.97. The predicted molar refractivity (Wildman–Crippen MR) is 64.3 cm³/mol. The van der Waals surface area contributed by atoms with Gasteiger partial charge in [0, 0.05) is 0 Å². The van der Waals surface area contributed by atoms with Crippen LogP contribution in [-0.2, 0) is 0 Å². The zero-order valence-electron chi connectivity index (χ0n) is 9.82. The molecule has 4 unspecified atom stereocenters. The minimum atomic E-state index is -0.498. The van der Waals surface area contributed by atoms with Crippen LogP contribution in [0, 0.1) is 17.8 Å². The normalized spacial score (nSPS) is 32.6. The summed E-state index contributed by atoms with van der Waals surface area (Å²) in [4.78, 5) is 0. The quantitative estimate of drug-likeness (QED) is 0.849. The van der Waals surface area contributed by atoms with E-state index in [1.807, 2.05) is 0 Å². The summed E-state index contributed by atoms with van der Waals surface area (Å²) in [7, 11) is 0. The molecule has 1 saturated carbocycles. The first kappa shape index (κ1) is 12.0. The summed E-state index contributed by atoms with van der Waals surface area (Å²) in [5.41, 5.74) is 0. The van der Waals surface area contributed by atoms with Crippen molar-refractivity contribution < 1.29 is 9.52 Å². The lowest BCUT2D eigenvalue weighted by Crippen LogP contribution is -2.25. The van der Waals surface area contributed by atoms with E-state index in [4.69, 9.17) is 16.0 Å². The average molecular weight is 243 g/mol. The van der Waals surface area contributed by atoms with Crippen LogP contribution in [0.1, 0.15) is 45.0 Å². The lowest BCUT2D eigenvalue weighted by atomic mass is 9.73. The Kier molecular flexibility index (Phi) is 3.60. The van der Waals surface area contributed by atoms with E-state index in [0.717, 1.165) is 18.8 Å². The molecule has 1 heterocycles. The lowest BCUT2D eigenvalue weighted by molar-refractivity contribution is 0.0408. The van der Waals surface area contributed by atoms with Crippen molar-refractivity contribution in [2.75, 3.05) is 0 Å². The van der Waals surface area contributed by atoms with Gasteiger partial charge in [0.25, 0.3) is 0 Å². The maximum Gasteiger partial charge on any atom is 0.193 e. The number of aliphatic hydroxyl groups is 1. The number of hydrogen-bond acceptors (Lipinski definition) is 2. The summed E-state index contributed by atoms with van der Waals surface area (Å²) in [6.45, 7) is 4.55. The molecular weight excluding hydrogens is 224 g/mol. The molecule has 16 heavy (non-hydrogen) atoms. The molecule has 0 aliphatic heterocycles. The van der Waals surface area contributed by atoms with Gasteiger partial charge in [-0.15, -0.1) is 0 Å². The standard InChI is InChI=1S/C13H19ClO2/c1-8-3-4-10(7-9(8)2)13(15)11-5-6-12(14)16-11/h5-6,8-10,13,15H,3-4,7H2,1-2H3. The van der Waals surface area contributed by atoms with Crippen molar-refractivity contribution in [2.45, 2.75) is 39.2 Å². The number of rotatable bonds is 2. The van der Waals surface area contributed by atoms with Gasteiger partial charge in [-0.3, -0.25) is 0 Å². The summed E-state index contributed by atoms with van der Waals surface area (Å²) in [6, 6.07) is 3.46. The summed E-state index contributed by atoms with van der Waals surface area (Å²) >= 11 is 5.72. The van der Waals surface area contributed by atoms with Gasteiger partial charge < -0.3 is 9.52 Å². The first-order chi connectivity index (χ1) is 7.58. The Morgan fingerprint density at radius 3 is 2.62 bits per heavy atom. The molecule has 0 spiro atoms. The zero-order valence-corrected chi connectivity index (χ0v) is 10.6. The van der Waals surface area contributed by atoms with Crippen LogP contribution in [-0.4, -0.2) is 5.11 Å². The highest BCUT2D eigenvalue weighted by Crippen LogP contribution is 2.40. The molecule has 2 rings (SSSR count). The second-order valence-corrected chi connectivity index (χ2v) is 5.49. The third-order valence-corrected chi connectivity index (χ3v) is 4.17. The predicted octanol–water partition coefficient (Wildman–Crippen LogP) is 4.04. The fourth-order valence-electron chi connectivity index (χ4n) is 2.60. The van der Waals surface area contributed by atoms with Crippen LogP contribution < -0.4 is 0 Å². The van der Waals surface area contributed by atoms with Crippen LogP contribution in [0.5, 0.6) is 0 Å². The van der Waals surface area contributed by atoms with Gasteiger partial charge in [-0.2, -0.15) is 0 Å². The van der Waals surface area contributed by atoms with Gasteiger partial charge in [0.2, 0.25) is 0 Å². The molecule has 1 aliphatic rings. The van der Waals surface area contributed by atoms with Crippen LogP contribution >= 0.6 is 11.6 Å². The van der Waals surface area contributed by atoms with Crippen molar-refractivity contribution in [2.24, 2.45) is 17.8 Å². The van der Waals surface area contributed by atoms with Gasteiger partial charge in [0.05, 0.1) is 0 Å². The van der Waals surface area contributed by atoms with Gasteiger partial charge >= 0.3 is 0 Å². The Hall–Kier alpha value is -0.470. The molecule has 0 amide bonds. The van der Waals surface area contributed by atoms with Crippen LogP contribution in [0.15, 0.2) is 16.5 Å². The Morgan fingerprint density at radius 2 is 2.06 bits per heavy atom. The molecule has 0 bridgehead atoms. The summed E-state index contributed by atoms with van der Waals surface area (Å²) in [6.07, 6.45) is 2.84. The first-order valence-corrected chi connectivity index (χ1v) is 6.39. The molecule has 1 aliphatic carbocycles. The number of halogens is 1. The monoisotopic (exact) mass is 242 g/mol. The van der Waals surface area contributed by atoms with Gasteiger partial charge in [-0.1, -0.05) is 20.3 Å². The van der Waals surface area contributed by atoms with E-state index in [9.17, 15) is 5.11 Å². The minimum absolute atomic E-state index is 0.313. The Morgan fingerprint density at radius 1 is 1.31 bits per heavy atom. The van der Waals surface area contributed by atoms with Crippen LogP contribution in [0.2, 0.25) is 5.22 Å².